The summed E-state index contributed by atoms with van der Waals surface area (Å²) in [6.07, 6.45) is 0.513. The summed E-state index contributed by atoms with van der Waals surface area (Å²) in [6, 6.07) is 7.67. The van der Waals surface area contributed by atoms with Crippen molar-refractivity contribution in [3.8, 4) is 0 Å². The molecule has 0 amide bonds. The number of carbonyl (C=O) groups is 1. The highest BCUT2D eigenvalue weighted by atomic mass is 16.3. The molecule has 3 heteroatoms. The van der Waals surface area contributed by atoms with Crippen LogP contribution < -0.4 is 0 Å². The number of benzene rings is 1. The number of aryl methyl sites for hydroxylation is 1. The first-order valence-electron chi connectivity index (χ1n) is 6.11. The minimum atomic E-state index is 0.145. The Labute approximate surface area is 103 Å². The van der Waals surface area contributed by atoms with Crippen molar-refractivity contribution >= 4 is 5.78 Å². The summed E-state index contributed by atoms with van der Waals surface area (Å²) in [5.41, 5.74) is 1.84. The second-order valence-electron chi connectivity index (χ2n) is 4.15. The lowest BCUT2D eigenvalue weighted by atomic mass is 10.0. The molecule has 1 aromatic carbocycles. The molecule has 1 N–H and O–H groups in total. The van der Waals surface area contributed by atoms with Gasteiger partial charge in [-0.05, 0) is 19.0 Å². The Morgan fingerprint density at radius 1 is 1.29 bits per heavy atom. The first-order chi connectivity index (χ1) is 8.19. The number of carbonyl (C=O) groups excluding carboxylic acids is 1. The highest BCUT2D eigenvalue weighted by molar-refractivity contribution is 5.97. The maximum atomic E-state index is 12.0. The zero-order valence-corrected chi connectivity index (χ0v) is 10.6. The number of hydrogen-bond acceptors (Lipinski definition) is 3. The fourth-order valence-corrected chi connectivity index (χ4v) is 1.85. The zero-order valence-electron chi connectivity index (χ0n) is 10.6. The van der Waals surface area contributed by atoms with E-state index in [0.29, 0.717) is 19.5 Å². The SMILES string of the molecule is CCN(CCO)CCC(=O)c1ccccc1C. The average Bonchev–Trinajstić information content (AvgIpc) is 2.34. The monoisotopic (exact) mass is 235 g/mol. The summed E-state index contributed by atoms with van der Waals surface area (Å²) in [5.74, 6) is 0.180. The van der Waals surface area contributed by atoms with Crippen LogP contribution in [0.2, 0.25) is 0 Å². The van der Waals surface area contributed by atoms with Crippen LogP contribution in [0.25, 0.3) is 0 Å². The molecule has 0 spiro atoms. The Balaban J connectivity index is 2.52. The summed E-state index contributed by atoms with van der Waals surface area (Å²) in [7, 11) is 0. The van der Waals surface area contributed by atoms with Gasteiger partial charge < -0.3 is 10.0 Å². The van der Waals surface area contributed by atoms with Gasteiger partial charge in [0.2, 0.25) is 0 Å². The normalized spacial score (nSPS) is 10.8. The second kappa shape index (κ2) is 7.20. The summed E-state index contributed by atoms with van der Waals surface area (Å²) in [6.45, 7) is 6.35. The van der Waals surface area contributed by atoms with Gasteiger partial charge in [-0.2, -0.15) is 0 Å². The van der Waals surface area contributed by atoms with E-state index in [1.165, 1.54) is 0 Å². The molecule has 0 unspecified atom stereocenters. The van der Waals surface area contributed by atoms with Crippen LogP contribution in [-0.4, -0.2) is 42.0 Å². The number of rotatable bonds is 7. The minimum Gasteiger partial charge on any atom is -0.395 e. The van der Waals surface area contributed by atoms with Gasteiger partial charge in [0.15, 0.2) is 5.78 Å². The van der Waals surface area contributed by atoms with Gasteiger partial charge >= 0.3 is 0 Å². The molecule has 0 bridgehead atoms. The molecule has 0 atom stereocenters. The number of nitrogens with zero attached hydrogens (tertiary/aromatic N) is 1. The molecule has 0 aliphatic rings. The lowest BCUT2D eigenvalue weighted by Crippen LogP contribution is -2.29. The number of hydrogen-bond donors (Lipinski definition) is 1. The van der Waals surface area contributed by atoms with E-state index in [0.717, 1.165) is 17.7 Å². The summed E-state index contributed by atoms with van der Waals surface area (Å²) >= 11 is 0. The van der Waals surface area contributed by atoms with Crippen molar-refractivity contribution in [3.63, 3.8) is 0 Å². The van der Waals surface area contributed by atoms with E-state index in [-0.39, 0.29) is 12.4 Å². The maximum absolute atomic E-state index is 12.0. The molecule has 0 aliphatic heterocycles. The zero-order chi connectivity index (χ0) is 12.7. The van der Waals surface area contributed by atoms with E-state index >= 15 is 0 Å². The van der Waals surface area contributed by atoms with Gasteiger partial charge in [0.1, 0.15) is 0 Å². The van der Waals surface area contributed by atoms with E-state index in [4.69, 9.17) is 5.11 Å². The van der Waals surface area contributed by atoms with Crippen LogP contribution in [-0.2, 0) is 0 Å². The molecular weight excluding hydrogens is 214 g/mol. The van der Waals surface area contributed by atoms with Crippen molar-refractivity contribution in [2.75, 3.05) is 26.2 Å². The van der Waals surface area contributed by atoms with Gasteiger partial charge in [0.05, 0.1) is 6.61 Å². The fourth-order valence-electron chi connectivity index (χ4n) is 1.85. The largest absolute Gasteiger partial charge is 0.395 e. The Kier molecular flexibility index (Phi) is 5.87. The summed E-state index contributed by atoms with van der Waals surface area (Å²) in [4.78, 5) is 14.1. The topological polar surface area (TPSA) is 40.5 Å². The van der Waals surface area contributed by atoms with Crippen LogP contribution in [0.1, 0.15) is 29.3 Å². The standard InChI is InChI=1S/C14H21NO2/c1-3-15(10-11-16)9-8-14(17)13-7-5-4-6-12(13)2/h4-7,16H,3,8-11H2,1-2H3. The number of aliphatic hydroxyl groups is 1. The molecule has 1 rings (SSSR count). The Bertz CT molecular complexity index is 363. The molecule has 0 saturated carbocycles. The van der Waals surface area contributed by atoms with E-state index in [9.17, 15) is 4.79 Å². The third-order valence-electron chi connectivity index (χ3n) is 2.96. The predicted octanol–water partition coefficient (Wildman–Crippen LogP) is 1.88. The number of likely N-dealkylation sites (N-methyl/N-ethyl adjacent to an activating group) is 1. The van der Waals surface area contributed by atoms with Crippen molar-refractivity contribution in [1.82, 2.24) is 4.90 Å². The van der Waals surface area contributed by atoms with Crippen LogP contribution in [0.15, 0.2) is 24.3 Å². The van der Waals surface area contributed by atoms with Crippen molar-refractivity contribution in [3.05, 3.63) is 35.4 Å². The molecule has 0 heterocycles. The molecule has 1 aromatic rings. The van der Waals surface area contributed by atoms with Crippen LogP contribution in [0.3, 0.4) is 0 Å². The van der Waals surface area contributed by atoms with Gasteiger partial charge in [-0.25, -0.2) is 0 Å². The van der Waals surface area contributed by atoms with Gasteiger partial charge in [-0.3, -0.25) is 4.79 Å². The molecule has 0 fully saturated rings. The van der Waals surface area contributed by atoms with Crippen molar-refractivity contribution in [2.24, 2.45) is 0 Å². The lowest BCUT2D eigenvalue weighted by Gasteiger charge is -2.18. The highest BCUT2D eigenvalue weighted by Gasteiger charge is 2.10. The second-order valence-corrected chi connectivity index (χ2v) is 4.15. The van der Waals surface area contributed by atoms with E-state index in [1.807, 2.05) is 38.1 Å². The van der Waals surface area contributed by atoms with Crippen molar-refractivity contribution in [1.29, 1.82) is 0 Å². The van der Waals surface area contributed by atoms with Crippen LogP contribution in [0.5, 0.6) is 0 Å². The maximum Gasteiger partial charge on any atom is 0.164 e. The van der Waals surface area contributed by atoms with Gasteiger partial charge in [-0.15, -0.1) is 0 Å². The fraction of sp³-hybridized carbons (Fsp3) is 0.500. The van der Waals surface area contributed by atoms with Crippen molar-refractivity contribution < 1.29 is 9.90 Å². The molecule has 0 radical (unpaired) electrons. The van der Waals surface area contributed by atoms with Gasteiger partial charge in [-0.1, -0.05) is 31.2 Å². The molecule has 0 aromatic heterocycles. The third kappa shape index (κ3) is 4.29. The van der Waals surface area contributed by atoms with E-state index < -0.39 is 0 Å². The molecule has 3 nitrogen and oxygen atoms in total. The molecule has 17 heavy (non-hydrogen) atoms. The third-order valence-corrected chi connectivity index (χ3v) is 2.96. The summed E-state index contributed by atoms with van der Waals surface area (Å²) < 4.78 is 0. The quantitative estimate of drug-likeness (QED) is 0.734. The number of ketones is 1. The van der Waals surface area contributed by atoms with Crippen LogP contribution in [0, 0.1) is 6.92 Å². The smallest absolute Gasteiger partial charge is 0.164 e. The Hall–Kier alpha value is -1.19. The molecule has 0 saturated heterocycles. The summed E-state index contributed by atoms with van der Waals surface area (Å²) in [5, 5.41) is 8.87. The predicted molar refractivity (Wildman–Crippen MR) is 69.3 cm³/mol. The van der Waals surface area contributed by atoms with Gasteiger partial charge in [0, 0.05) is 25.1 Å². The Morgan fingerprint density at radius 3 is 2.59 bits per heavy atom. The number of Topliss-reactive ketones (excluding diaryl/α,β-unsaturated/α-hetero) is 1. The molecule has 0 aliphatic carbocycles. The molecular formula is C14H21NO2. The lowest BCUT2D eigenvalue weighted by molar-refractivity contribution is 0.0958. The van der Waals surface area contributed by atoms with Crippen LogP contribution in [0.4, 0.5) is 0 Å². The average molecular weight is 235 g/mol. The van der Waals surface area contributed by atoms with E-state index in [1.54, 1.807) is 0 Å². The Morgan fingerprint density at radius 2 is 2.00 bits per heavy atom. The molecule has 94 valence electrons. The van der Waals surface area contributed by atoms with Crippen molar-refractivity contribution in [2.45, 2.75) is 20.3 Å². The number of aliphatic hydroxyl groups excluding tert-OH is 1. The first-order valence-corrected chi connectivity index (χ1v) is 6.11. The first kappa shape index (κ1) is 13.9. The van der Waals surface area contributed by atoms with E-state index in [2.05, 4.69) is 4.90 Å². The highest BCUT2D eigenvalue weighted by Crippen LogP contribution is 2.10. The van der Waals surface area contributed by atoms with Crippen LogP contribution >= 0.6 is 0 Å². The van der Waals surface area contributed by atoms with Gasteiger partial charge in [0.25, 0.3) is 0 Å². The minimum absolute atomic E-state index is 0.145.